The number of hydrogen-bond acceptors (Lipinski definition) is 2. The lowest BCUT2D eigenvalue weighted by Crippen LogP contribution is -2.14. The Morgan fingerprint density at radius 2 is 1.43 bits per heavy atom. The van der Waals surface area contributed by atoms with Gasteiger partial charge in [0.2, 0.25) is 0 Å². The number of anilines is 1. The molecule has 1 aromatic carbocycles. The summed E-state index contributed by atoms with van der Waals surface area (Å²) in [5.74, 6) is -0.864. The number of nitrogens with zero attached hydrogens (tertiary/aromatic N) is 1. The number of alkyl halides is 6. The van der Waals surface area contributed by atoms with Gasteiger partial charge in [0.1, 0.15) is 11.4 Å². The van der Waals surface area contributed by atoms with E-state index in [0.29, 0.717) is 6.07 Å². The molecule has 0 unspecified atom stereocenters. The summed E-state index contributed by atoms with van der Waals surface area (Å²) in [7, 11) is 0. The second-order valence-corrected chi connectivity index (χ2v) is 4.16. The number of hydrogen-bond donors (Lipinski definition) is 1. The average molecular weight is 306 g/mol. The van der Waals surface area contributed by atoms with Crippen LogP contribution >= 0.6 is 0 Å². The minimum atomic E-state index is -4.91. The van der Waals surface area contributed by atoms with Crippen molar-refractivity contribution in [2.75, 3.05) is 5.73 Å². The van der Waals surface area contributed by atoms with Gasteiger partial charge in [0.15, 0.2) is 0 Å². The first-order valence-electron chi connectivity index (χ1n) is 5.60. The van der Waals surface area contributed by atoms with Crippen LogP contribution in [0.4, 0.5) is 32.2 Å². The zero-order valence-corrected chi connectivity index (χ0v) is 10.3. The molecule has 0 spiro atoms. The van der Waals surface area contributed by atoms with Crippen molar-refractivity contribution in [3.05, 3.63) is 47.7 Å². The minimum absolute atomic E-state index is 0.591. The van der Waals surface area contributed by atoms with E-state index in [1.54, 1.807) is 0 Å². The summed E-state index contributed by atoms with van der Waals surface area (Å²) >= 11 is 0. The summed E-state index contributed by atoms with van der Waals surface area (Å²) < 4.78 is 77.9. The lowest BCUT2D eigenvalue weighted by molar-refractivity contribution is -0.139. The van der Waals surface area contributed by atoms with Gasteiger partial charge in [0, 0.05) is 6.20 Å². The van der Waals surface area contributed by atoms with E-state index in [1.807, 2.05) is 0 Å². The Kier molecular flexibility index (Phi) is 3.56. The first kappa shape index (κ1) is 15.1. The van der Waals surface area contributed by atoms with Crippen molar-refractivity contribution in [3.63, 3.8) is 0 Å². The van der Waals surface area contributed by atoms with Crippen LogP contribution in [-0.2, 0) is 12.4 Å². The van der Waals surface area contributed by atoms with Gasteiger partial charge in [-0.2, -0.15) is 26.3 Å². The smallest absolute Gasteiger partial charge is 0.383 e. The third-order valence-electron chi connectivity index (χ3n) is 2.79. The molecule has 0 saturated carbocycles. The van der Waals surface area contributed by atoms with Crippen LogP contribution in [0.1, 0.15) is 11.1 Å². The van der Waals surface area contributed by atoms with Crippen LogP contribution < -0.4 is 5.73 Å². The molecule has 1 heterocycles. The molecule has 2 aromatic rings. The highest BCUT2D eigenvalue weighted by Gasteiger charge is 2.40. The summed E-state index contributed by atoms with van der Waals surface area (Å²) in [6, 6.07) is 4.87. The zero-order chi connectivity index (χ0) is 15.8. The fourth-order valence-electron chi connectivity index (χ4n) is 1.97. The third-order valence-corrected chi connectivity index (χ3v) is 2.79. The van der Waals surface area contributed by atoms with Gasteiger partial charge in [0.05, 0.1) is 5.56 Å². The van der Waals surface area contributed by atoms with E-state index < -0.39 is 40.4 Å². The van der Waals surface area contributed by atoms with Crippen LogP contribution in [0.3, 0.4) is 0 Å². The number of halogens is 6. The van der Waals surface area contributed by atoms with Gasteiger partial charge in [-0.3, -0.25) is 0 Å². The van der Waals surface area contributed by atoms with Crippen molar-refractivity contribution in [2.24, 2.45) is 0 Å². The Labute approximate surface area is 115 Å². The molecule has 8 heteroatoms. The Morgan fingerprint density at radius 1 is 0.810 bits per heavy atom. The molecule has 112 valence electrons. The predicted molar refractivity (Wildman–Crippen MR) is 64.1 cm³/mol. The van der Waals surface area contributed by atoms with Gasteiger partial charge < -0.3 is 5.73 Å². The van der Waals surface area contributed by atoms with E-state index in [9.17, 15) is 26.3 Å². The molecule has 0 amide bonds. The molecule has 0 aliphatic carbocycles. The van der Waals surface area contributed by atoms with Gasteiger partial charge in [-0.1, -0.05) is 18.2 Å². The Morgan fingerprint density at radius 3 is 2.00 bits per heavy atom. The Balaban J connectivity index is 2.79. The van der Waals surface area contributed by atoms with Gasteiger partial charge in [0.25, 0.3) is 0 Å². The number of nitrogens with two attached hydrogens (primary N) is 1. The van der Waals surface area contributed by atoms with Gasteiger partial charge in [-0.25, -0.2) is 4.98 Å². The monoisotopic (exact) mass is 306 g/mol. The molecule has 1 aromatic heterocycles. The van der Waals surface area contributed by atoms with Crippen LogP contribution in [0.2, 0.25) is 0 Å². The van der Waals surface area contributed by atoms with Crippen molar-refractivity contribution in [3.8, 4) is 11.1 Å². The van der Waals surface area contributed by atoms with E-state index in [4.69, 9.17) is 5.73 Å². The quantitative estimate of drug-likeness (QED) is 0.795. The second-order valence-electron chi connectivity index (χ2n) is 4.16. The first-order chi connectivity index (χ1) is 9.62. The molecule has 2 rings (SSSR count). The van der Waals surface area contributed by atoms with Crippen LogP contribution in [0.25, 0.3) is 11.1 Å². The molecule has 2 nitrogen and oxygen atoms in total. The SMILES string of the molecule is Nc1nccc(-c2ccccc2C(F)(F)F)c1C(F)(F)F. The van der Waals surface area contributed by atoms with Gasteiger partial charge in [-0.15, -0.1) is 0 Å². The molecule has 0 aliphatic heterocycles. The zero-order valence-electron chi connectivity index (χ0n) is 10.3. The van der Waals surface area contributed by atoms with Crippen LogP contribution in [-0.4, -0.2) is 4.98 Å². The molecule has 0 atom stereocenters. The molecule has 0 aliphatic rings. The maximum atomic E-state index is 13.0. The lowest BCUT2D eigenvalue weighted by atomic mass is 9.95. The molecule has 0 fully saturated rings. The minimum Gasteiger partial charge on any atom is -0.383 e. The van der Waals surface area contributed by atoms with E-state index in [-0.39, 0.29) is 0 Å². The van der Waals surface area contributed by atoms with Crippen molar-refractivity contribution >= 4 is 5.82 Å². The molecule has 0 radical (unpaired) electrons. The van der Waals surface area contributed by atoms with Crippen LogP contribution in [0, 0.1) is 0 Å². The highest BCUT2D eigenvalue weighted by Crippen LogP contribution is 2.43. The highest BCUT2D eigenvalue weighted by molar-refractivity contribution is 5.75. The van der Waals surface area contributed by atoms with Gasteiger partial charge in [-0.05, 0) is 23.3 Å². The topological polar surface area (TPSA) is 38.9 Å². The lowest BCUT2D eigenvalue weighted by Gasteiger charge is -2.18. The number of nitrogen functional groups attached to an aromatic ring is 1. The molecule has 21 heavy (non-hydrogen) atoms. The maximum Gasteiger partial charge on any atom is 0.420 e. The standard InChI is InChI=1S/C13H8F6N2/c14-12(15,16)9-4-2-1-3-7(9)8-5-6-21-11(20)10(8)13(17,18)19/h1-6H,(H2,20,21). The second kappa shape index (κ2) is 4.94. The molecule has 0 saturated heterocycles. The normalized spacial score (nSPS) is 12.5. The van der Waals surface area contributed by atoms with Crippen molar-refractivity contribution in [1.82, 2.24) is 4.98 Å². The Hall–Kier alpha value is -2.25. The van der Waals surface area contributed by atoms with E-state index in [0.717, 1.165) is 24.4 Å². The average Bonchev–Trinajstić information content (AvgIpc) is 2.36. The summed E-state index contributed by atoms with van der Waals surface area (Å²) in [6.07, 6.45) is -8.75. The first-order valence-corrected chi connectivity index (χ1v) is 5.60. The van der Waals surface area contributed by atoms with Crippen molar-refractivity contribution < 1.29 is 26.3 Å². The summed E-state index contributed by atoms with van der Waals surface area (Å²) in [5.41, 5.74) is 1.41. The number of benzene rings is 1. The van der Waals surface area contributed by atoms with Crippen molar-refractivity contribution in [1.29, 1.82) is 0 Å². The number of pyridine rings is 1. The third kappa shape index (κ3) is 2.93. The van der Waals surface area contributed by atoms with E-state index in [2.05, 4.69) is 4.98 Å². The largest absolute Gasteiger partial charge is 0.420 e. The number of aromatic nitrogens is 1. The highest BCUT2D eigenvalue weighted by atomic mass is 19.4. The van der Waals surface area contributed by atoms with Crippen LogP contribution in [0.15, 0.2) is 36.5 Å². The number of rotatable bonds is 1. The van der Waals surface area contributed by atoms with Crippen molar-refractivity contribution in [2.45, 2.75) is 12.4 Å². The summed E-state index contributed by atoms with van der Waals surface area (Å²) in [6.45, 7) is 0. The molecular formula is C13H8F6N2. The van der Waals surface area contributed by atoms with Crippen LogP contribution in [0.5, 0.6) is 0 Å². The Bertz CT molecular complexity index is 660. The van der Waals surface area contributed by atoms with E-state index in [1.165, 1.54) is 6.07 Å². The fraction of sp³-hybridized carbons (Fsp3) is 0.154. The van der Waals surface area contributed by atoms with E-state index >= 15 is 0 Å². The molecular weight excluding hydrogens is 298 g/mol. The summed E-state index contributed by atoms with van der Waals surface area (Å²) in [5, 5.41) is 0. The predicted octanol–water partition coefficient (Wildman–Crippen LogP) is 4.37. The fourth-order valence-corrected chi connectivity index (χ4v) is 1.97. The molecule has 2 N–H and O–H groups in total. The van der Waals surface area contributed by atoms with Gasteiger partial charge >= 0.3 is 12.4 Å². The summed E-state index contributed by atoms with van der Waals surface area (Å²) in [4.78, 5) is 3.30. The molecule has 0 bridgehead atoms. The maximum absolute atomic E-state index is 13.0.